The Bertz CT molecular complexity index is 720. The molecule has 0 aliphatic rings. The van der Waals surface area contributed by atoms with Gasteiger partial charge in [0.15, 0.2) is 16.6 Å². The van der Waals surface area contributed by atoms with Crippen molar-refractivity contribution in [2.75, 3.05) is 19.0 Å². The number of hydrazone groups is 1. The zero-order chi connectivity index (χ0) is 17.4. The predicted octanol–water partition coefficient (Wildman–Crippen LogP) is 4.07. The molecule has 0 saturated carbocycles. The molecular formula is C17H18ClN3O2S. The highest BCUT2D eigenvalue weighted by Gasteiger charge is 2.04. The zero-order valence-corrected chi connectivity index (χ0v) is 14.9. The lowest BCUT2D eigenvalue weighted by atomic mass is 10.2. The monoisotopic (exact) mass is 363 g/mol. The Morgan fingerprint density at radius 2 is 1.96 bits per heavy atom. The van der Waals surface area contributed by atoms with Crippen LogP contribution in [0.5, 0.6) is 11.5 Å². The highest BCUT2D eigenvalue weighted by atomic mass is 35.5. The highest BCUT2D eigenvalue weighted by Crippen LogP contribution is 2.27. The molecule has 2 N–H and O–H groups in total. The first-order valence-corrected chi connectivity index (χ1v) is 8.07. The molecule has 0 atom stereocenters. The van der Waals surface area contributed by atoms with E-state index in [1.54, 1.807) is 25.5 Å². The number of thiocarbonyl (C=S) groups is 1. The lowest BCUT2D eigenvalue weighted by Crippen LogP contribution is -2.23. The standard InChI is InChI=1S/C17H18ClN3O2S/c1-3-23-15-9-4-12(10-16(15)22-2)11-19-21-17(24)20-14-7-5-13(18)6-8-14/h4-11H,3H2,1-2H3,(H2,20,21,24)/b19-11+. The van der Waals surface area contributed by atoms with Crippen LogP contribution in [-0.4, -0.2) is 25.0 Å². The number of hydrogen-bond donors (Lipinski definition) is 2. The molecule has 0 aliphatic heterocycles. The average molecular weight is 364 g/mol. The van der Waals surface area contributed by atoms with Gasteiger partial charge in [-0.05, 0) is 67.2 Å². The molecular weight excluding hydrogens is 346 g/mol. The number of nitrogens with one attached hydrogen (secondary N) is 2. The summed E-state index contributed by atoms with van der Waals surface area (Å²) in [5, 5.41) is 8.16. The summed E-state index contributed by atoms with van der Waals surface area (Å²) in [5.41, 5.74) is 4.44. The van der Waals surface area contributed by atoms with Crippen molar-refractivity contribution in [2.45, 2.75) is 6.92 Å². The first kappa shape index (κ1) is 18.0. The number of ether oxygens (including phenoxy) is 2. The molecule has 7 heteroatoms. The van der Waals surface area contributed by atoms with Crippen LogP contribution < -0.4 is 20.2 Å². The van der Waals surface area contributed by atoms with E-state index in [1.807, 2.05) is 37.3 Å². The molecule has 0 spiro atoms. The van der Waals surface area contributed by atoms with Crippen molar-refractivity contribution < 1.29 is 9.47 Å². The van der Waals surface area contributed by atoms with Gasteiger partial charge in [-0.25, -0.2) is 0 Å². The van der Waals surface area contributed by atoms with E-state index in [4.69, 9.17) is 33.3 Å². The topological polar surface area (TPSA) is 54.9 Å². The molecule has 0 radical (unpaired) electrons. The Morgan fingerprint density at radius 3 is 2.62 bits per heavy atom. The fourth-order valence-corrected chi connectivity index (χ4v) is 2.19. The second-order valence-electron chi connectivity index (χ2n) is 4.67. The second-order valence-corrected chi connectivity index (χ2v) is 5.52. The first-order valence-electron chi connectivity index (χ1n) is 7.29. The average Bonchev–Trinajstić information content (AvgIpc) is 2.58. The van der Waals surface area contributed by atoms with E-state index in [0.29, 0.717) is 28.2 Å². The normalized spacial score (nSPS) is 10.5. The molecule has 0 saturated heterocycles. The van der Waals surface area contributed by atoms with Crippen molar-refractivity contribution in [3.8, 4) is 11.5 Å². The summed E-state index contributed by atoms with van der Waals surface area (Å²) in [5.74, 6) is 1.35. The van der Waals surface area contributed by atoms with Gasteiger partial charge >= 0.3 is 0 Å². The molecule has 0 amide bonds. The maximum Gasteiger partial charge on any atom is 0.191 e. The first-order chi connectivity index (χ1) is 11.6. The molecule has 0 heterocycles. The Kier molecular flexibility index (Phi) is 6.84. The van der Waals surface area contributed by atoms with Crippen LogP contribution in [0.2, 0.25) is 5.02 Å². The summed E-state index contributed by atoms with van der Waals surface area (Å²) >= 11 is 11.0. The van der Waals surface area contributed by atoms with Gasteiger partial charge in [0.25, 0.3) is 0 Å². The van der Waals surface area contributed by atoms with E-state index in [2.05, 4.69) is 15.8 Å². The third-order valence-corrected chi connectivity index (χ3v) is 3.41. The molecule has 0 bridgehead atoms. The van der Waals surface area contributed by atoms with Gasteiger partial charge in [-0.1, -0.05) is 11.6 Å². The number of halogens is 1. The van der Waals surface area contributed by atoms with Crippen LogP contribution in [0, 0.1) is 0 Å². The SMILES string of the molecule is CCOc1ccc(/C=N/NC(=S)Nc2ccc(Cl)cc2)cc1OC. The van der Waals surface area contributed by atoms with Crippen LogP contribution >= 0.6 is 23.8 Å². The molecule has 0 aromatic heterocycles. The molecule has 0 unspecified atom stereocenters. The quantitative estimate of drug-likeness (QED) is 0.460. The molecule has 2 aromatic carbocycles. The lowest BCUT2D eigenvalue weighted by Gasteiger charge is -2.09. The Labute approximate surface area is 151 Å². The van der Waals surface area contributed by atoms with Gasteiger partial charge in [0, 0.05) is 10.7 Å². The fraction of sp³-hybridized carbons (Fsp3) is 0.176. The van der Waals surface area contributed by atoms with Crippen molar-refractivity contribution in [3.63, 3.8) is 0 Å². The fourth-order valence-electron chi connectivity index (χ4n) is 1.90. The van der Waals surface area contributed by atoms with Gasteiger partial charge < -0.3 is 14.8 Å². The second kappa shape index (κ2) is 9.10. The third-order valence-electron chi connectivity index (χ3n) is 2.97. The molecule has 24 heavy (non-hydrogen) atoms. The number of anilines is 1. The van der Waals surface area contributed by atoms with Gasteiger partial charge in [-0.15, -0.1) is 0 Å². The number of hydrogen-bond acceptors (Lipinski definition) is 4. The number of benzene rings is 2. The van der Waals surface area contributed by atoms with Crippen LogP contribution in [0.1, 0.15) is 12.5 Å². The van der Waals surface area contributed by atoms with Gasteiger partial charge in [-0.3, -0.25) is 5.43 Å². The maximum absolute atomic E-state index is 5.84. The molecule has 2 aromatic rings. The molecule has 2 rings (SSSR count). The third kappa shape index (κ3) is 5.40. The molecule has 126 valence electrons. The molecule has 5 nitrogen and oxygen atoms in total. The van der Waals surface area contributed by atoms with Crippen molar-refractivity contribution in [2.24, 2.45) is 5.10 Å². The van der Waals surface area contributed by atoms with Gasteiger partial charge in [0.2, 0.25) is 0 Å². The predicted molar refractivity (Wildman–Crippen MR) is 103 cm³/mol. The molecule has 0 aliphatic carbocycles. The Hall–Kier alpha value is -2.31. The van der Waals surface area contributed by atoms with E-state index in [1.165, 1.54) is 0 Å². The van der Waals surface area contributed by atoms with Gasteiger partial charge in [-0.2, -0.15) is 5.10 Å². The summed E-state index contributed by atoms with van der Waals surface area (Å²) in [6.07, 6.45) is 1.65. The van der Waals surface area contributed by atoms with E-state index >= 15 is 0 Å². The van der Waals surface area contributed by atoms with Gasteiger partial charge in [0.1, 0.15) is 0 Å². The summed E-state index contributed by atoms with van der Waals surface area (Å²) in [6, 6.07) is 12.8. The highest BCUT2D eigenvalue weighted by molar-refractivity contribution is 7.80. The summed E-state index contributed by atoms with van der Waals surface area (Å²) in [7, 11) is 1.60. The van der Waals surface area contributed by atoms with Gasteiger partial charge in [0.05, 0.1) is 19.9 Å². The maximum atomic E-state index is 5.84. The van der Waals surface area contributed by atoms with Crippen LogP contribution in [0.3, 0.4) is 0 Å². The van der Waals surface area contributed by atoms with E-state index in [-0.39, 0.29) is 0 Å². The molecule has 0 fully saturated rings. The lowest BCUT2D eigenvalue weighted by molar-refractivity contribution is 0.311. The van der Waals surface area contributed by atoms with E-state index in [9.17, 15) is 0 Å². The minimum absolute atomic E-state index is 0.381. The van der Waals surface area contributed by atoms with Crippen molar-refractivity contribution in [1.82, 2.24) is 5.43 Å². The number of nitrogens with zero attached hydrogens (tertiary/aromatic N) is 1. The largest absolute Gasteiger partial charge is 0.493 e. The van der Waals surface area contributed by atoms with Crippen molar-refractivity contribution >= 4 is 40.8 Å². The minimum atomic E-state index is 0.381. The summed E-state index contributed by atoms with van der Waals surface area (Å²) in [4.78, 5) is 0. The summed E-state index contributed by atoms with van der Waals surface area (Å²) in [6.45, 7) is 2.50. The Balaban J connectivity index is 1.93. The van der Waals surface area contributed by atoms with Crippen LogP contribution in [0.25, 0.3) is 0 Å². The van der Waals surface area contributed by atoms with Crippen molar-refractivity contribution in [1.29, 1.82) is 0 Å². The van der Waals surface area contributed by atoms with Crippen LogP contribution in [0.15, 0.2) is 47.6 Å². The summed E-state index contributed by atoms with van der Waals surface area (Å²) < 4.78 is 10.8. The minimum Gasteiger partial charge on any atom is -0.493 e. The van der Waals surface area contributed by atoms with E-state index in [0.717, 1.165) is 11.3 Å². The van der Waals surface area contributed by atoms with Crippen molar-refractivity contribution in [3.05, 3.63) is 53.1 Å². The Morgan fingerprint density at radius 1 is 1.21 bits per heavy atom. The zero-order valence-electron chi connectivity index (χ0n) is 13.4. The number of rotatable bonds is 6. The smallest absolute Gasteiger partial charge is 0.191 e. The van der Waals surface area contributed by atoms with Crippen LogP contribution in [0.4, 0.5) is 5.69 Å². The number of methoxy groups -OCH3 is 1. The van der Waals surface area contributed by atoms with Crippen LogP contribution in [-0.2, 0) is 0 Å². The van der Waals surface area contributed by atoms with E-state index < -0.39 is 0 Å².